The van der Waals surface area contributed by atoms with Gasteiger partial charge in [-0.2, -0.15) is 0 Å². The molecular weight excluding hydrogens is 130 g/mol. The van der Waals surface area contributed by atoms with Crippen LogP contribution < -0.4 is 5.73 Å². The van der Waals surface area contributed by atoms with Crippen LogP contribution >= 0.6 is 0 Å². The first-order valence-corrected chi connectivity index (χ1v) is 3.82. The van der Waals surface area contributed by atoms with E-state index in [4.69, 9.17) is 15.6 Å². The predicted octanol–water partition coefficient (Wildman–Crippen LogP) is -0.125. The Morgan fingerprint density at radius 2 is 2.50 bits per heavy atom. The summed E-state index contributed by atoms with van der Waals surface area (Å²) in [4.78, 5) is 0. The number of aliphatic hydroxyl groups excluding tert-OH is 1. The molecule has 2 atom stereocenters. The topological polar surface area (TPSA) is 55.5 Å². The van der Waals surface area contributed by atoms with Gasteiger partial charge < -0.3 is 15.6 Å². The van der Waals surface area contributed by atoms with Gasteiger partial charge in [0.2, 0.25) is 0 Å². The highest BCUT2D eigenvalue weighted by molar-refractivity contribution is 4.69. The van der Waals surface area contributed by atoms with Crippen LogP contribution in [-0.4, -0.2) is 30.5 Å². The summed E-state index contributed by atoms with van der Waals surface area (Å²) < 4.78 is 5.31. The molecule has 1 heterocycles. The number of ether oxygens (including phenoxy) is 1. The lowest BCUT2D eigenvalue weighted by Crippen LogP contribution is -2.24. The minimum absolute atomic E-state index is 0.263. The average Bonchev–Trinajstić information content (AvgIpc) is 2.40. The maximum absolute atomic E-state index is 9.11. The molecule has 0 aromatic carbocycles. The van der Waals surface area contributed by atoms with E-state index in [0.29, 0.717) is 13.0 Å². The highest BCUT2D eigenvalue weighted by Crippen LogP contribution is 2.16. The smallest absolute Gasteiger partial charge is 0.0687 e. The van der Waals surface area contributed by atoms with Crippen LogP contribution in [0.5, 0.6) is 0 Å². The third-order valence-corrected chi connectivity index (χ3v) is 1.83. The van der Waals surface area contributed by atoms with Gasteiger partial charge in [0.25, 0.3) is 0 Å². The zero-order chi connectivity index (χ0) is 7.40. The standard InChI is InChI=1S/C7H15NO2/c8-5-6(9)4-7-2-1-3-10-7/h6-7,9H,1-5,8H2. The highest BCUT2D eigenvalue weighted by Gasteiger charge is 2.18. The molecule has 0 saturated carbocycles. The molecule has 3 nitrogen and oxygen atoms in total. The van der Waals surface area contributed by atoms with E-state index in [1.54, 1.807) is 0 Å². The van der Waals surface area contributed by atoms with Crippen LogP contribution in [0, 0.1) is 0 Å². The molecule has 10 heavy (non-hydrogen) atoms. The molecule has 60 valence electrons. The molecule has 0 aliphatic carbocycles. The average molecular weight is 145 g/mol. The van der Waals surface area contributed by atoms with Gasteiger partial charge in [-0.1, -0.05) is 0 Å². The molecule has 0 spiro atoms. The van der Waals surface area contributed by atoms with Gasteiger partial charge in [0, 0.05) is 19.6 Å². The number of hydrogen-bond donors (Lipinski definition) is 2. The summed E-state index contributed by atoms with van der Waals surface area (Å²) in [6.45, 7) is 1.20. The third-order valence-electron chi connectivity index (χ3n) is 1.83. The molecule has 3 heteroatoms. The second kappa shape index (κ2) is 3.91. The maximum Gasteiger partial charge on any atom is 0.0687 e. The van der Waals surface area contributed by atoms with Crippen LogP contribution in [0.25, 0.3) is 0 Å². The Balaban J connectivity index is 2.11. The molecule has 0 bridgehead atoms. The zero-order valence-electron chi connectivity index (χ0n) is 6.12. The normalized spacial score (nSPS) is 28.8. The van der Waals surface area contributed by atoms with E-state index in [1.807, 2.05) is 0 Å². The first kappa shape index (κ1) is 7.98. The van der Waals surface area contributed by atoms with Crippen molar-refractivity contribution >= 4 is 0 Å². The monoisotopic (exact) mass is 145 g/mol. The quantitative estimate of drug-likeness (QED) is 0.582. The Hall–Kier alpha value is -0.120. The summed E-state index contributed by atoms with van der Waals surface area (Å²) in [7, 11) is 0. The molecule has 1 aliphatic heterocycles. The number of hydrogen-bond acceptors (Lipinski definition) is 3. The van der Waals surface area contributed by atoms with E-state index in [2.05, 4.69) is 0 Å². The molecular formula is C7H15NO2. The zero-order valence-corrected chi connectivity index (χ0v) is 6.12. The predicted molar refractivity (Wildman–Crippen MR) is 38.7 cm³/mol. The minimum Gasteiger partial charge on any atom is -0.392 e. The van der Waals surface area contributed by atoms with E-state index in [9.17, 15) is 0 Å². The van der Waals surface area contributed by atoms with Gasteiger partial charge >= 0.3 is 0 Å². The second-order valence-corrected chi connectivity index (χ2v) is 2.76. The van der Waals surface area contributed by atoms with Crippen molar-refractivity contribution in [1.82, 2.24) is 0 Å². The van der Waals surface area contributed by atoms with Gasteiger partial charge in [0.15, 0.2) is 0 Å². The van der Waals surface area contributed by atoms with E-state index < -0.39 is 0 Å². The molecule has 1 fully saturated rings. The summed E-state index contributed by atoms with van der Waals surface area (Å²) in [6.07, 6.45) is 2.80. The third kappa shape index (κ3) is 2.25. The van der Waals surface area contributed by atoms with Crippen molar-refractivity contribution in [3.05, 3.63) is 0 Å². The Morgan fingerprint density at radius 3 is 3.00 bits per heavy atom. The van der Waals surface area contributed by atoms with E-state index >= 15 is 0 Å². The lowest BCUT2D eigenvalue weighted by atomic mass is 10.1. The minimum atomic E-state index is -0.372. The number of aliphatic hydroxyl groups is 1. The van der Waals surface area contributed by atoms with Crippen molar-refractivity contribution in [1.29, 1.82) is 0 Å². The molecule has 0 radical (unpaired) electrons. The fourth-order valence-electron chi connectivity index (χ4n) is 1.23. The largest absolute Gasteiger partial charge is 0.392 e. The van der Waals surface area contributed by atoms with Crippen LogP contribution in [0.4, 0.5) is 0 Å². The maximum atomic E-state index is 9.11. The number of nitrogens with two attached hydrogens (primary N) is 1. The summed E-state index contributed by atoms with van der Waals surface area (Å²) in [6, 6.07) is 0. The van der Waals surface area contributed by atoms with Gasteiger partial charge in [0.1, 0.15) is 0 Å². The van der Waals surface area contributed by atoms with Crippen LogP contribution in [0.2, 0.25) is 0 Å². The summed E-state index contributed by atoms with van der Waals surface area (Å²) >= 11 is 0. The van der Waals surface area contributed by atoms with E-state index in [1.165, 1.54) is 0 Å². The van der Waals surface area contributed by atoms with Gasteiger partial charge in [-0.25, -0.2) is 0 Å². The summed E-state index contributed by atoms with van der Waals surface area (Å²) in [5, 5.41) is 9.11. The van der Waals surface area contributed by atoms with Gasteiger partial charge in [-0.3, -0.25) is 0 Å². The van der Waals surface area contributed by atoms with Crippen molar-refractivity contribution in [3.63, 3.8) is 0 Å². The SMILES string of the molecule is NCC(O)CC1CCCO1. The molecule has 1 aliphatic rings. The fraction of sp³-hybridized carbons (Fsp3) is 1.00. The van der Waals surface area contributed by atoms with E-state index in [-0.39, 0.29) is 12.2 Å². The van der Waals surface area contributed by atoms with Gasteiger partial charge in [-0.05, 0) is 12.8 Å². The van der Waals surface area contributed by atoms with Crippen molar-refractivity contribution in [2.24, 2.45) is 5.73 Å². The number of rotatable bonds is 3. The van der Waals surface area contributed by atoms with E-state index in [0.717, 1.165) is 19.4 Å². The Labute approximate surface area is 61.2 Å². The van der Waals surface area contributed by atoms with Crippen LogP contribution in [-0.2, 0) is 4.74 Å². The second-order valence-electron chi connectivity index (χ2n) is 2.76. The fourth-order valence-corrected chi connectivity index (χ4v) is 1.23. The lowest BCUT2D eigenvalue weighted by Gasteiger charge is -2.12. The highest BCUT2D eigenvalue weighted by atomic mass is 16.5. The van der Waals surface area contributed by atoms with Gasteiger partial charge in [-0.15, -0.1) is 0 Å². The molecule has 1 rings (SSSR count). The van der Waals surface area contributed by atoms with Gasteiger partial charge in [0.05, 0.1) is 12.2 Å². The Bertz CT molecular complexity index is 91.6. The lowest BCUT2D eigenvalue weighted by molar-refractivity contribution is 0.0570. The molecule has 1 saturated heterocycles. The first-order valence-electron chi connectivity index (χ1n) is 3.82. The first-order chi connectivity index (χ1) is 4.83. The molecule has 3 N–H and O–H groups in total. The Morgan fingerprint density at radius 1 is 1.70 bits per heavy atom. The summed E-state index contributed by atoms with van der Waals surface area (Å²) in [5.74, 6) is 0. The van der Waals surface area contributed by atoms with Crippen molar-refractivity contribution in [3.8, 4) is 0 Å². The Kier molecular flexibility index (Phi) is 3.12. The van der Waals surface area contributed by atoms with Crippen LogP contribution in [0.1, 0.15) is 19.3 Å². The van der Waals surface area contributed by atoms with Crippen molar-refractivity contribution < 1.29 is 9.84 Å². The van der Waals surface area contributed by atoms with Crippen LogP contribution in [0.15, 0.2) is 0 Å². The van der Waals surface area contributed by atoms with Crippen LogP contribution in [0.3, 0.4) is 0 Å². The molecule has 0 aromatic heterocycles. The van der Waals surface area contributed by atoms with Crippen molar-refractivity contribution in [2.75, 3.05) is 13.2 Å². The molecule has 2 unspecified atom stereocenters. The molecule has 0 amide bonds. The van der Waals surface area contributed by atoms with Crippen molar-refractivity contribution in [2.45, 2.75) is 31.5 Å². The summed E-state index contributed by atoms with van der Waals surface area (Å²) in [5.41, 5.74) is 5.24. The molecule has 0 aromatic rings.